The van der Waals surface area contributed by atoms with Crippen LogP contribution in [0.15, 0.2) is 29.4 Å². The standard InChI is InChI=1S/C16H22N4OS/c1-13-12-18-16(22-13)20-10-8-19(9-11-20)15(21)6-5-14-4-2-3-7-17-14/h2-4,7,13H,5-6,8-12H2,1H3/t13-/m0/s1. The van der Waals surface area contributed by atoms with Crippen molar-refractivity contribution in [2.45, 2.75) is 25.0 Å². The lowest BCUT2D eigenvalue weighted by Crippen LogP contribution is -2.49. The number of thioether (sulfide) groups is 1. The van der Waals surface area contributed by atoms with Crippen LogP contribution in [-0.4, -0.2) is 63.8 Å². The van der Waals surface area contributed by atoms with E-state index in [-0.39, 0.29) is 5.91 Å². The molecule has 5 nitrogen and oxygen atoms in total. The summed E-state index contributed by atoms with van der Waals surface area (Å²) in [4.78, 5) is 25.4. The lowest BCUT2D eigenvalue weighted by Gasteiger charge is -2.35. The van der Waals surface area contributed by atoms with Gasteiger partial charge in [0.25, 0.3) is 0 Å². The Morgan fingerprint density at radius 3 is 2.77 bits per heavy atom. The van der Waals surface area contributed by atoms with E-state index in [1.165, 1.54) is 0 Å². The van der Waals surface area contributed by atoms with Crippen molar-refractivity contribution >= 4 is 22.8 Å². The SMILES string of the molecule is C[C@H]1CN=C(N2CCN(C(=O)CCc3ccccn3)CC2)S1. The van der Waals surface area contributed by atoms with Gasteiger partial charge in [-0.1, -0.05) is 24.8 Å². The average Bonchev–Trinajstić information content (AvgIpc) is 3.00. The first-order valence-corrected chi connectivity index (χ1v) is 8.74. The second-order valence-corrected chi connectivity index (χ2v) is 7.15. The zero-order chi connectivity index (χ0) is 15.4. The van der Waals surface area contributed by atoms with Crippen LogP contribution < -0.4 is 0 Å². The summed E-state index contributed by atoms with van der Waals surface area (Å²) >= 11 is 1.85. The molecular formula is C16H22N4OS. The summed E-state index contributed by atoms with van der Waals surface area (Å²) in [5.74, 6) is 0.236. The van der Waals surface area contributed by atoms with Crippen LogP contribution in [0, 0.1) is 0 Å². The lowest BCUT2D eigenvalue weighted by atomic mass is 10.2. The Balaban J connectivity index is 1.44. The average molecular weight is 318 g/mol. The van der Waals surface area contributed by atoms with Crippen LogP contribution in [-0.2, 0) is 11.2 Å². The third-order valence-corrected chi connectivity index (χ3v) is 5.16. The molecule has 3 heterocycles. The van der Waals surface area contributed by atoms with Gasteiger partial charge in [-0.05, 0) is 18.6 Å². The second-order valence-electron chi connectivity index (χ2n) is 5.74. The van der Waals surface area contributed by atoms with Gasteiger partial charge in [0.05, 0.1) is 6.54 Å². The molecule has 0 aromatic carbocycles. The van der Waals surface area contributed by atoms with E-state index in [1.807, 2.05) is 34.9 Å². The van der Waals surface area contributed by atoms with E-state index in [0.29, 0.717) is 11.7 Å². The van der Waals surface area contributed by atoms with Gasteiger partial charge in [-0.25, -0.2) is 0 Å². The fourth-order valence-corrected chi connectivity index (χ4v) is 3.71. The van der Waals surface area contributed by atoms with Crippen molar-refractivity contribution in [1.29, 1.82) is 0 Å². The van der Waals surface area contributed by atoms with Crippen LogP contribution in [0.5, 0.6) is 0 Å². The van der Waals surface area contributed by atoms with Gasteiger partial charge < -0.3 is 9.80 Å². The number of rotatable bonds is 3. The van der Waals surface area contributed by atoms with Gasteiger partial charge in [0.1, 0.15) is 0 Å². The molecule has 0 saturated carbocycles. The summed E-state index contributed by atoms with van der Waals surface area (Å²) in [7, 11) is 0. The number of aromatic nitrogens is 1. The Hall–Kier alpha value is -1.56. The summed E-state index contributed by atoms with van der Waals surface area (Å²) in [5, 5.41) is 1.75. The predicted molar refractivity (Wildman–Crippen MR) is 90.1 cm³/mol. The van der Waals surface area contributed by atoms with Crippen molar-refractivity contribution in [3.05, 3.63) is 30.1 Å². The maximum Gasteiger partial charge on any atom is 0.223 e. The van der Waals surface area contributed by atoms with Gasteiger partial charge in [0, 0.05) is 49.7 Å². The summed E-state index contributed by atoms with van der Waals surface area (Å²) in [6.45, 7) is 6.52. The number of nitrogens with zero attached hydrogens (tertiary/aromatic N) is 4. The van der Waals surface area contributed by atoms with Crippen molar-refractivity contribution in [3.8, 4) is 0 Å². The molecule has 1 saturated heterocycles. The van der Waals surface area contributed by atoms with E-state index < -0.39 is 0 Å². The minimum atomic E-state index is 0.236. The number of aryl methyl sites for hydroxylation is 1. The van der Waals surface area contributed by atoms with E-state index in [4.69, 9.17) is 0 Å². The molecule has 3 rings (SSSR count). The molecule has 0 unspecified atom stereocenters. The molecule has 2 aliphatic heterocycles. The number of carbonyl (C=O) groups excluding carboxylic acids is 1. The van der Waals surface area contributed by atoms with Crippen molar-refractivity contribution in [3.63, 3.8) is 0 Å². The minimum absolute atomic E-state index is 0.236. The van der Waals surface area contributed by atoms with Crippen LogP contribution in [0.3, 0.4) is 0 Å². The maximum atomic E-state index is 12.3. The Morgan fingerprint density at radius 1 is 1.32 bits per heavy atom. The molecule has 0 spiro atoms. The maximum absolute atomic E-state index is 12.3. The number of amides is 1. The fraction of sp³-hybridized carbons (Fsp3) is 0.562. The van der Waals surface area contributed by atoms with Crippen molar-refractivity contribution in [2.24, 2.45) is 4.99 Å². The molecule has 1 atom stereocenters. The molecule has 2 aliphatic rings. The first kappa shape index (κ1) is 15.3. The fourth-order valence-electron chi connectivity index (χ4n) is 2.72. The lowest BCUT2D eigenvalue weighted by molar-refractivity contribution is -0.132. The highest BCUT2D eigenvalue weighted by atomic mass is 32.2. The van der Waals surface area contributed by atoms with E-state index in [9.17, 15) is 4.79 Å². The Labute approximate surface area is 135 Å². The van der Waals surface area contributed by atoms with E-state index in [2.05, 4.69) is 21.8 Å². The van der Waals surface area contributed by atoms with Crippen LogP contribution >= 0.6 is 11.8 Å². The zero-order valence-electron chi connectivity index (χ0n) is 12.9. The smallest absolute Gasteiger partial charge is 0.223 e. The topological polar surface area (TPSA) is 48.8 Å². The number of hydrogen-bond acceptors (Lipinski definition) is 5. The monoisotopic (exact) mass is 318 g/mol. The molecule has 0 aliphatic carbocycles. The van der Waals surface area contributed by atoms with Crippen LogP contribution in [0.2, 0.25) is 0 Å². The highest BCUT2D eigenvalue weighted by Crippen LogP contribution is 2.23. The molecular weight excluding hydrogens is 296 g/mol. The predicted octanol–water partition coefficient (Wildman–Crippen LogP) is 1.65. The highest BCUT2D eigenvalue weighted by Gasteiger charge is 2.26. The minimum Gasteiger partial charge on any atom is -0.348 e. The molecule has 0 N–H and O–H groups in total. The molecule has 6 heteroatoms. The number of pyridine rings is 1. The summed E-state index contributed by atoms with van der Waals surface area (Å²) in [6.07, 6.45) is 3.04. The molecule has 1 amide bonds. The number of piperazine rings is 1. The Bertz CT molecular complexity index is 540. The highest BCUT2D eigenvalue weighted by molar-refractivity contribution is 8.14. The quantitative estimate of drug-likeness (QED) is 0.850. The normalized spacial score (nSPS) is 21.9. The van der Waals surface area contributed by atoms with E-state index in [0.717, 1.165) is 50.0 Å². The van der Waals surface area contributed by atoms with Crippen molar-refractivity contribution < 1.29 is 4.79 Å². The number of aliphatic imine (C=N–C) groups is 1. The summed E-state index contributed by atoms with van der Waals surface area (Å²) < 4.78 is 0. The molecule has 22 heavy (non-hydrogen) atoms. The molecule has 118 valence electrons. The van der Waals surface area contributed by atoms with Gasteiger partial charge in [0.15, 0.2) is 5.17 Å². The molecule has 1 aromatic heterocycles. The number of carbonyl (C=O) groups is 1. The third kappa shape index (κ3) is 3.80. The zero-order valence-corrected chi connectivity index (χ0v) is 13.8. The number of amidine groups is 1. The van der Waals surface area contributed by atoms with Crippen LogP contribution in [0.25, 0.3) is 0 Å². The van der Waals surface area contributed by atoms with Crippen LogP contribution in [0.4, 0.5) is 0 Å². The molecule has 1 aromatic rings. The summed E-state index contributed by atoms with van der Waals surface area (Å²) in [6, 6.07) is 5.84. The van der Waals surface area contributed by atoms with Gasteiger partial charge in [-0.15, -0.1) is 0 Å². The third-order valence-electron chi connectivity index (χ3n) is 4.01. The first-order chi connectivity index (χ1) is 10.7. The largest absolute Gasteiger partial charge is 0.348 e. The van der Waals surface area contributed by atoms with Gasteiger partial charge in [-0.3, -0.25) is 14.8 Å². The summed E-state index contributed by atoms with van der Waals surface area (Å²) in [5.41, 5.74) is 0.986. The Kier molecular flexibility index (Phi) is 4.97. The van der Waals surface area contributed by atoms with Crippen LogP contribution in [0.1, 0.15) is 19.0 Å². The van der Waals surface area contributed by atoms with Crippen molar-refractivity contribution in [2.75, 3.05) is 32.7 Å². The second kappa shape index (κ2) is 7.13. The first-order valence-electron chi connectivity index (χ1n) is 7.86. The molecule has 0 radical (unpaired) electrons. The number of hydrogen-bond donors (Lipinski definition) is 0. The molecule has 0 bridgehead atoms. The van der Waals surface area contributed by atoms with Crippen molar-refractivity contribution in [1.82, 2.24) is 14.8 Å². The van der Waals surface area contributed by atoms with Gasteiger partial charge >= 0.3 is 0 Å². The van der Waals surface area contributed by atoms with Gasteiger partial charge in [0.2, 0.25) is 5.91 Å². The molecule has 1 fully saturated rings. The Morgan fingerprint density at radius 2 is 2.14 bits per heavy atom. The van der Waals surface area contributed by atoms with E-state index >= 15 is 0 Å². The van der Waals surface area contributed by atoms with Gasteiger partial charge in [-0.2, -0.15) is 0 Å². The van der Waals surface area contributed by atoms with E-state index in [1.54, 1.807) is 6.20 Å².